The van der Waals surface area contributed by atoms with Gasteiger partial charge in [0, 0.05) is 16.9 Å². The van der Waals surface area contributed by atoms with Gasteiger partial charge in [-0.3, -0.25) is 0 Å². The van der Waals surface area contributed by atoms with Crippen LogP contribution in [0, 0.1) is 0 Å². The molecule has 0 spiro atoms. The molecule has 16 heavy (non-hydrogen) atoms. The predicted molar refractivity (Wildman–Crippen MR) is 64.7 cm³/mol. The standard InChI is InChI=1S/C12H13NO2S/c1-8(6-14)11-7-16-12(13-11)9-3-2-4-10(15)5-9/h2-5,7-8,14-15H,6H2,1H3. The number of hydrogen-bond donors (Lipinski definition) is 2. The molecule has 0 fully saturated rings. The highest BCUT2D eigenvalue weighted by molar-refractivity contribution is 7.13. The molecule has 0 bridgehead atoms. The lowest BCUT2D eigenvalue weighted by Gasteiger charge is -2.02. The Morgan fingerprint density at radius 1 is 1.44 bits per heavy atom. The second-order valence-corrected chi connectivity index (χ2v) is 4.57. The number of nitrogens with zero attached hydrogens (tertiary/aromatic N) is 1. The summed E-state index contributed by atoms with van der Waals surface area (Å²) in [4.78, 5) is 4.44. The molecule has 2 N–H and O–H groups in total. The van der Waals surface area contributed by atoms with Crippen LogP contribution in [0.25, 0.3) is 10.6 Å². The summed E-state index contributed by atoms with van der Waals surface area (Å²) in [7, 11) is 0. The molecule has 4 heteroatoms. The Balaban J connectivity index is 2.31. The molecular formula is C12H13NO2S. The van der Waals surface area contributed by atoms with E-state index < -0.39 is 0 Å². The Hall–Kier alpha value is -1.39. The van der Waals surface area contributed by atoms with Gasteiger partial charge in [0.2, 0.25) is 0 Å². The fourth-order valence-corrected chi connectivity index (χ4v) is 2.32. The van der Waals surface area contributed by atoms with E-state index in [0.717, 1.165) is 16.3 Å². The number of phenolic OH excluding ortho intramolecular Hbond substituents is 1. The van der Waals surface area contributed by atoms with Crippen molar-refractivity contribution in [2.24, 2.45) is 0 Å². The minimum Gasteiger partial charge on any atom is -0.508 e. The predicted octanol–water partition coefficient (Wildman–Crippen LogP) is 2.61. The molecule has 1 atom stereocenters. The molecule has 1 aromatic carbocycles. The van der Waals surface area contributed by atoms with E-state index >= 15 is 0 Å². The van der Waals surface area contributed by atoms with Crippen molar-refractivity contribution in [2.75, 3.05) is 6.61 Å². The second kappa shape index (κ2) is 4.63. The topological polar surface area (TPSA) is 53.4 Å². The number of rotatable bonds is 3. The maximum atomic E-state index is 9.37. The Morgan fingerprint density at radius 2 is 2.25 bits per heavy atom. The second-order valence-electron chi connectivity index (χ2n) is 3.71. The van der Waals surface area contributed by atoms with Crippen LogP contribution in [-0.2, 0) is 0 Å². The quantitative estimate of drug-likeness (QED) is 0.859. The molecule has 84 valence electrons. The van der Waals surface area contributed by atoms with Gasteiger partial charge in [0.15, 0.2) is 0 Å². The van der Waals surface area contributed by atoms with E-state index in [2.05, 4.69) is 4.98 Å². The van der Waals surface area contributed by atoms with E-state index in [0.29, 0.717) is 0 Å². The lowest BCUT2D eigenvalue weighted by Crippen LogP contribution is -1.98. The number of phenols is 1. The number of aliphatic hydroxyl groups is 1. The summed E-state index contributed by atoms with van der Waals surface area (Å²) in [5.41, 5.74) is 1.80. The van der Waals surface area contributed by atoms with Crippen LogP contribution in [0.2, 0.25) is 0 Å². The van der Waals surface area contributed by atoms with E-state index in [4.69, 9.17) is 5.11 Å². The van der Waals surface area contributed by atoms with Crippen molar-refractivity contribution in [3.8, 4) is 16.3 Å². The largest absolute Gasteiger partial charge is 0.508 e. The van der Waals surface area contributed by atoms with Crippen LogP contribution in [0.1, 0.15) is 18.5 Å². The molecule has 0 radical (unpaired) electrons. The number of thiazole rings is 1. The fraction of sp³-hybridized carbons (Fsp3) is 0.250. The number of aromatic hydroxyl groups is 1. The minimum absolute atomic E-state index is 0.0577. The average Bonchev–Trinajstić information content (AvgIpc) is 2.77. The van der Waals surface area contributed by atoms with Gasteiger partial charge in [-0.25, -0.2) is 4.98 Å². The van der Waals surface area contributed by atoms with Crippen LogP contribution in [0.3, 0.4) is 0 Å². The number of hydrogen-bond acceptors (Lipinski definition) is 4. The summed E-state index contributed by atoms with van der Waals surface area (Å²) in [6.45, 7) is 2.03. The molecule has 3 nitrogen and oxygen atoms in total. The van der Waals surface area contributed by atoms with Crippen molar-refractivity contribution < 1.29 is 10.2 Å². The van der Waals surface area contributed by atoms with Crippen molar-refractivity contribution in [1.29, 1.82) is 0 Å². The third-order valence-electron chi connectivity index (χ3n) is 2.39. The van der Waals surface area contributed by atoms with Crippen LogP contribution in [0.4, 0.5) is 0 Å². The SMILES string of the molecule is CC(CO)c1csc(-c2cccc(O)c2)n1. The fourth-order valence-electron chi connectivity index (χ4n) is 1.38. The number of benzene rings is 1. The number of aromatic nitrogens is 1. The summed E-state index contributed by atoms with van der Waals surface area (Å²) in [6.07, 6.45) is 0. The Morgan fingerprint density at radius 3 is 2.94 bits per heavy atom. The molecule has 1 unspecified atom stereocenters. The summed E-state index contributed by atoms with van der Waals surface area (Å²) < 4.78 is 0. The molecule has 0 aliphatic carbocycles. The highest BCUT2D eigenvalue weighted by atomic mass is 32.1. The van der Waals surface area contributed by atoms with Crippen LogP contribution in [0.5, 0.6) is 5.75 Å². The van der Waals surface area contributed by atoms with E-state index in [-0.39, 0.29) is 18.3 Å². The first-order chi connectivity index (χ1) is 7.70. The van der Waals surface area contributed by atoms with E-state index in [1.165, 1.54) is 11.3 Å². The zero-order chi connectivity index (χ0) is 11.5. The van der Waals surface area contributed by atoms with Crippen molar-refractivity contribution in [3.63, 3.8) is 0 Å². The van der Waals surface area contributed by atoms with E-state index in [1.807, 2.05) is 18.4 Å². The molecular weight excluding hydrogens is 222 g/mol. The van der Waals surface area contributed by atoms with Crippen molar-refractivity contribution >= 4 is 11.3 Å². The first-order valence-electron chi connectivity index (χ1n) is 5.06. The summed E-state index contributed by atoms with van der Waals surface area (Å²) in [5, 5.41) is 21.2. The van der Waals surface area contributed by atoms with Gasteiger partial charge in [-0.05, 0) is 12.1 Å². The van der Waals surface area contributed by atoms with Gasteiger partial charge in [-0.15, -0.1) is 11.3 Å². The zero-order valence-electron chi connectivity index (χ0n) is 8.92. The normalized spacial score (nSPS) is 12.6. The van der Waals surface area contributed by atoms with E-state index in [1.54, 1.807) is 18.2 Å². The van der Waals surface area contributed by atoms with Crippen LogP contribution < -0.4 is 0 Å². The van der Waals surface area contributed by atoms with Crippen LogP contribution >= 0.6 is 11.3 Å². The lowest BCUT2D eigenvalue weighted by molar-refractivity contribution is 0.271. The maximum absolute atomic E-state index is 9.37. The van der Waals surface area contributed by atoms with Crippen molar-refractivity contribution in [3.05, 3.63) is 35.3 Å². The molecule has 1 aromatic heterocycles. The smallest absolute Gasteiger partial charge is 0.123 e. The molecule has 2 rings (SSSR count). The molecule has 0 amide bonds. The maximum Gasteiger partial charge on any atom is 0.123 e. The molecule has 0 aliphatic rings. The Bertz CT molecular complexity index is 481. The Kier molecular flexibility index (Phi) is 3.22. The zero-order valence-corrected chi connectivity index (χ0v) is 9.74. The minimum atomic E-state index is 0.0577. The summed E-state index contributed by atoms with van der Waals surface area (Å²) >= 11 is 1.52. The van der Waals surface area contributed by atoms with Gasteiger partial charge in [-0.2, -0.15) is 0 Å². The highest BCUT2D eigenvalue weighted by Crippen LogP contribution is 2.28. The van der Waals surface area contributed by atoms with Gasteiger partial charge in [0.05, 0.1) is 12.3 Å². The monoisotopic (exact) mass is 235 g/mol. The first-order valence-corrected chi connectivity index (χ1v) is 5.94. The molecule has 0 aliphatic heterocycles. The molecule has 0 saturated heterocycles. The summed E-state index contributed by atoms with van der Waals surface area (Å²) in [5.74, 6) is 0.298. The van der Waals surface area contributed by atoms with Crippen molar-refractivity contribution in [2.45, 2.75) is 12.8 Å². The van der Waals surface area contributed by atoms with E-state index in [9.17, 15) is 5.11 Å². The molecule has 2 aromatic rings. The summed E-state index contributed by atoms with van der Waals surface area (Å²) in [6, 6.07) is 7.02. The third-order valence-corrected chi connectivity index (χ3v) is 3.30. The van der Waals surface area contributed by atoms with Gasteiger partial charge < -0.3 is 10.2 Å². The highest BCUT2D eigenvalue weighted by Gasteiger charge is 2.10. The third kappa shape index (κ3) is 2.23. The number of aliphatic hydroxyl groups excluding tert-OH is 1. The Labute approximate surface area is 98.0 Å². The van der Waals surface area contributed by atoms with Crippen molar-refractivity contribution in [1.82, 2.24) is 4.98 Å². The average molecular weight is 235 g/mol. The lowest BCUT2D eigenvalue weighted by atomic mass is 10.1. The van der Waals surface area contributed by atoms with Gasteiger partial charge in [0.1, 0.15) is 10.8 Å². The van der Waals surface area contributed by atoms with Gasteiger partial charge in [-0.1, -0.05) is 19.1 Å². The molecule has 0 saturated carbocycles. The van der Waals surface area contributed by atoms with Gasteiger partial charge >= 0.3 is 0 Å². The first kappa shape index (κ1) is 11.1. The van der Waals surface area contributed by atoms with Crippen LogP contribution in [-0.4, -0.2) is 21.8 Å². The van der Waals surface area contributed by atoms with Crippen LogP contribution in [0.15, 0.2) is 29.6 Å². The van der Waals surface area contributed by atoms with Gasteiger partial charge in [0.25, 0.3) is 0 Å². The molecule has 1 heterocycles.